The minimum atomic E-state index is -0.530. The van der Waals surface area contributed by atoms with E-state index in [9.17, 15) is 15.2 Å². The van der Waals surface area contributed by atoms with E-state index in [1.165, 1.54) is 12.1 Å². The molecule has 0 fully saturated rings. The predicted octanol–water partition coefficient (Wildman–Crippen LogP) is 2.70. The Bertz CT molecular complexity index is 645. The van der Waals surface area contributed by atoms with Crippen molar-refractivity contribution in [3.8, 4) is 0 Å². The summed E-state index contributed by atoms with van der Waals surface area (Å²) < 4.78 is 1.87. The van der Waals surface area contributed by atoms with Gasteiger partial charge in [-0.15, -0.1) is 0 Å². The first kappa shape index (κ1) is 15.2. The number of hydrogen-bond acceptors (Lipinski definition) is 4. The van der Waals surface area contributed by atoms with Crippen molar-refractivity contribution in [2.75, 3.05) is 0 Å². The van der Waals surface area contributed by atoms with E-state index in [1.807, 2.05) is 18.5 Å². The lowest BCUT2D eigenvalue weighted by Crippen LogP contribution is -2.06. The maximum absolute atomic E-state index is 10.6. The normalized spacial score (nSPS) is 12.4. The molecule has 1 atom stereocenters. The number of hydrogen-bond donors (Lipinski definition) is 1. The van der Waals surface area contributed by atoms with Gasteiger partial charge in [0.05, 0.1) is 16.7 Å². The molecule has 6 heteroatoms. The minimum Gasteiger partial charge on any atom is -0.389 e. The molecule has 2 rings (SSSR count). The maximum atomic E-state index is 10.6. The third kappa shape index (κ3) is 3.28. The summed E-state index contributed by atoms with van der Waals surface area (Å²) in [5.74, 6) is 0. The van der Waals surface area contributed by atoms with Crippen molar-refractivity contribution in [2.24, 2.45) is 0 Å². The van der Waals surface area contributed by atoms with Gasteiger partial charge >= 0.3 is 0 Å². The number of rotatable bonds is 5. The van der Waals surface area contributed by atoms with Crippen LogP contribution in [-0.2, 0) is 13.0 Å². The van der Waals surface area contributed by atoms with Crippen LogP contribution >= 0.6 is 0 Å². The first-order chi connectivity index (χ1) is 9.90. The van der Waals surface area contributed by atoms with E-state index in [4.69, 9.17) is 0 Å². The molecule has 0 saturated heterocycles. The van der Waals surface area contributed by atoms with Gasteiger partial charge in [-0.05, 0) is 32.8 Å². The van der Waals surface area contributed by atoms with Gasteiger partial charge in [0.25, 0.3) is 5.69 Å². The van der Waals surface area contributed by atoms with Gasteiger partial charge in [-0.2, -0.15) is 5.10 Å². The third-order valence-corrected chi connectivity index (χ3v) is 3.61. The summed E-state index contributed by atoms with van der Waals surface area (Å²) in [5.41, 5.74) is 3.79. The van der Waals surface area contributed by atoms with Crippen LogP contribution in [0, 0.1) is 24.0 Å². The molecule has 0 radical (unpaired) electrons. The molecule has 21 heavy (non-hydrogen) atoms. The predicted molar refractivity (Wildman–Crippen MR) is 79.1 cm³/mol. The monoisotopic (exact) mass is 289 g/mol. The molecule has 0 aliphatic rings. The Morgan fingerprint density at radius 2 is 1.95 bits per heavy atom. The van der Waals surface area contributed by atoms with Crippen LogP contribution in [0.1, 0.15) is 35.5 Å². The molecule has 0 aliphatic carbocycles. The lowest BCUT2D eigenvalue weighted by atomic mass is 10.1. The molecule has 112 valence electrons. The molecule has 1 heterocycles. The number of non-ortho nitro benzene ring substituents is 1. The number of aromatic nitrogens is 2. The van der Waals surface area contributed by atoms with Crippen molar-refractivity contribution in [1.29, 1.82) is 0 Å². The van der Waals surface area contributed by atoms with E-state index in [0.29, 0.717) is 6.54 Å². The number of nitrogens with zero attached hydrogens (tertiary/aromatic N) is 3. The molecule has 1 aromatic heterocycles. The summed E-state index contributed by atoms with van der Waals surface area (Å²) in [7, 11) is 0. The average molecular weight is 289 g/mol. The highest BCUT2D eigenvalue weighted by Crippen LogP contribution is 2.21. The van der Waals surface area contributed by atoms with Crippen LogP contribution in [0.3, 0.4) is 0 Å². The van der Waals surface area contributed by atoms with Gasteiger partial charge in [-0.25, -0.2) is 0 Å². The highest BCUT2D eigenvalue weighted by Gasteiger charge is 2.15. The molecule has 0 saturated carbocycles. The Morgan fingerprint density at radius 1 is 1.33 bits per heavy atom. The standard InChI is InChI=1S/C15H19N3O3/c1-10-15(12(3)19)11(2)17(16-10)9-8-13-4-6-14(7-5-13)18(20)21/h4-7,12,19H,8-9H2,1-3H3. The van der Waals surface area contributed by atoms with Crippen molar-refractivity contribution in [1.82, 2.24) is 9.78 Å². The molecule has 1 aromatic carbocycles. The molecule has 0 amide bonds. The van der Waals surface area contributed by atoms with Gasteiger partial charge in [0.15, 0.2) is 0 Å². The van der Waals surface area contributed by atoms with Crippen LogP contribution < -0.4 is 0 Å². The Morgan fingerprint density at radius 3 is 2.43 bits per heavy atom. The Balaban J connectivity index is 2.10. The number of aliphatic hydroxyl groups excluding tert-OH is 1. The van der Waals surface area contributed by atoms with Crippen LogP contribution in [0.15, 0.2) is 24.3 Å². The number of nitro groups is 1. The first-order valence-electron chi connectivity index (χ1n) is 6.85. The van der Waals surface area contributed by atoms with Crippen LogP contribution in [0.25, 0.3) is 0 Å². The second-order valence-corrected chi connectivity index (χ2v) is 5.16. The summed E-state index contributed by atoms with van der Waals surface area (Å²) in [5, 5.41) is 24.8. The van der Waals surface area contributed by atoms with Gasteiger partial charge in [0, 0.05) is 29.9 Å². The highest BCUT2D eigenvalue weighted by atomic mass is 16.6. The van der Waals surface area contributed by atoms with E-state index < -0.39 is 11.0 Å². The number of aryl methyl sites for hydroxylation is 3. The Hall–Kier alpha value is -2.21. The van der Waals surface area contributed by atoms with Crippen molar-refractivity contribution >= 4 is 5.69 Å². The molecular formula is C15H19N3O3. The second kappa shape index (κ2) is 6.05. The number of benzene rings is 1. The third-order valence-electron chi connectivity index (χ3n) is 3.61. The van der Waals surface area contributed by atoms with Crippen molar-refractivity contribution in [3.05, 3.63) is 56.9 Å². The summed E-state index contributed by atoms with van der Waals surface area (Å²) in [6, 6.07) is 6.55. The second-order valence-electron chi connectivity index (χ2n) is 5.16. The van der Waals surface area contributed by atoms with E-state index in [-0.39, 0.29) is 5.69 Å². The molecular weight excluding hydrogens is 270 g/mol. The molecule has 0 aliphatic heterocycles. The van der Waals surface area contributed by atoms with Gasteiger partial charge in [0.2, 0.25) is 0 Å². The molecule has 0 bridgehead atoms. The Labute approximate surface area is 123 Å². The van der Waals surface area contributed by atoms with E-state index in [2.05, 4.69) is 5.10 Å². The summed E-state index contributed by atoms with van der Waals surface area (Å²) in [6.45, 7) is 6.24. The highest BCUT2D eigenvalue weighted by molar-refractivity contribution is 5.33. The van der Waals surface area contributed by atoms with Crippen LogP contribution in [0.5, 0.6) is 0 Å². The smallest absolute Gasteiger partial charge is 0.269 e. The maximum Gasteiger partial charge on any atom is 0.269 e. The molecule has 1 unspecified atom stereocenters. The fourth-order valence-electron chi connectivity index (χ4n) is 2.55. The average Bonchev–Trinajstić information content (AvgIpc) is 2.71. The molecule has 6 nitrogen and oxygen atoms in total. The minimum absolute atomic E-state index is 0.0984. The quantitative estimate of drug-likeness (QED) is 0.677. The fourth-order valence-corrected chi connectivity index (χ4v) is 2.55. The largest absolute Gasteiger partial charge is 0.389 e. The van der Waals surface area contributed by atoms with Gasteiger partial charge < -0.3 is 5.11 Å². The van der Waals surface area contributed by atoms with E-state index in [0.717, 1.165) is 28.9 Å². The van der Waals surface area contributed by atoms with Crippen LogP contribution in [-0.4, -0.2) is 19.8 Å². The lowest BCUT2D eigenvalue weighted by Gasteiger charge is -2.07. The molecule has 1 N–H and O–H groups in total. The van der Waals surface area contributed by atoms with E-state index >= 15 is 0 Å². The van der Waals surface area contributed by atoms with Gasteiger partial charge in [-0.3, -0.25) is 14.8 Å². The number of nitro benzene ring substituents is 1. The summed E-state index contributed by atoms with van der Waals surface area (Å²) in [4.78, 5) is 10.2. The zero-order chi connectivity index (χ0) is 15.6. The fraction of sp³-hybridized carbons (Fsp3) is 0.400. The van der Waals surface area contributed by atoms with Gasteiger partial charge in [-0.1, -0.05) is 12.1 Å². The van der Waals surface area contributed by atoms with Gasteiger partial charge in [0.1, 0.15) is 0 Å². The zero-order valence-corrected chi connectivity index (χ0v) is 12.4. The lowest BCUT2D eigenvalue weighted by molar-refractivity contribution is -0.384. The zero-order valence-electron chi connectivity index (χ0n) is 12.4. The SMILES string of the molecule is Cc1nn(CCc2ccc([N+](=O)[O-])cc2)c(C)c1C(C)O. The topological polar surface area (TPSA) is 81.2 Å². The van der Waals surface area contributed by atoms with Crippen LogP contribution in [0.2, 0.25) is 0 Å². The molecule has 0 spiro atoms. The summed E-state index contributed by atoms with van der Waals surface area (Å²) >= 11 is 0. The van der Waals surface area contributed by atoms with Crippen molar-refractivity contribution in [3.63, 3.8) is 0 Å². The van der Waals surface area contributed by atoms with Crippen LogP contribution in [0.4, 0.5) is 5.69 Å². The van der Waals surface area contributed by atoms with E-state index in [1.54, 1.807) is 19.1 Å². The molecule has 2 aromatic rings. The Kier molecular flexibility index (Phi) is 4.37. The number of aliphatic hydroxyl groups is 1. The van der Waals surface area contributed by atoms with Crippen molar-refractivity contribution < 1.29 is 10.0 Å². The van der Waals surface area contributed by atoms with Crippen molar-refractivity contribution in [2.45, 2.75) is 39.8 Å². The first-order valence-corrected chi connectivity index (χ1v) is 6.85. The summed E-state index contributed by atoms with van der Waals surface area (Å²) in [6.07, 6.45) is 0.206.